The second kappa shape index (κ2) is 6.27. The first kappa shape index (κ1) is 9.15. The van der Waals surface area contributed by atoms with Crippen LogP contribution < -0.4 is 0 Å². The number of hydrogen-bond acceptors (Lipinski definition) is 1. The van der Waals surface area contributed by atoms with E-state index in [0.29, 0.717) is 0 Å². The quantitative estimate of drug-likeness (QED) is 0.419. The predicted octanol–water partition coefficient (Wildman–Crippen LogP) is 2.60. The molecule has 0 bridgehead atoms. The summed E-state index contributed by atoms with van der Waals surface area (Å²) in [6.45, 7) is 4.10. The van der Waals surface area contributed by atoms with Gasteiger partial charge in [0.1, 0.15) is 0 Å². The predicted molar refractivity (Wildman–Crippen MR) is 47.6 cm³/mol. The normalized spacial score (nSPS) is 13.7. The second-order valence-corrected chi connectivity index (χ2v) is 1.95. The van der Waals surface area contributed by atoms with Crippen LogP contribution in [0.3, 0.4) is 0 Å². The number of aliphatic imine (C=N–C) groups is 1. The summed E-state index contributed by atoms with van der Waals surface area (Å²) in [5, 5.41) is 0. The number of nitrogens with zero attached hydrogens (tertiary/aromatic N) is 1. The van der Waals surface area contributed by atoms with Gasteiger partial charge in [-0.05, 0) is 19.4 Å². The third-order valence-electron chi connectivity index (χ3n) is 1.24. The van der Waals surface area contributed by atoms with Gasteiger partial charge in [0.15, 0.2) is 0 Å². The fourth-order valence-corrected chi connectivity index (χ4v) is 0.628. The molecule has 0 saturated carbocycles. The molecule has 0 N–H and O–H groups in total. The highest BCUT2D eigenvalue weighted by atomic mass is 14.7. The summed E-state index contributed by atoms with van der Waals surface area (Å²) in [4.78, 5) is 4.07. The van der Waals surface area contributed by atoms with E-state index in [1.165, 1.54) is 0 Å². The molecular formula is C9H15N. The van der Waals surface area contributed by atoms with E-state index in [1.807, 2.05) is 38.3 Å². The summed E-state index contributed by atoms with van der Waals surface area (Å²) in [6, 6.07) is 0. The molecule has 10 heavy (non-hydrogen) atoms. The summed E-state index contributed by atoms with van der Waals surface area (Å²) in [5.74, 6) is 0. The number of rotatable bonds is 3. The maximum absolute atomic E-state index is 4.07. The van der Waals surface area contributed by atoms with Gasteiger partial charge in [0, 0.05) is 12.8 Å². The summed E-state index contributed by atoms with van der Waals surface area (Å²) in [5.41, 5.74) is 1.14. The average molecular weight is 137 g/mol. The lowest BCUT2D eigenvalue weighted by Gasteiger charge is -1.89. The molecule has 56 valence electrons. The molecule has 0 saturated heterocycles. The Kier molecular flexibility index (Phi) is 5.74. The monoisotopic (exact) mass is 137 g/mol. The maximum atomic E-state index is 4.07. The van der Waals surface area contributed by atoms with E-state index < -0.39 is 0 Å². The number of allylic oxidation sites excluding steroid dienone is 4. The van der Waals surface area contributed by atoms with Gasteiger partial charge in [-0.1, -0.05) is 25.2 Å². The highest BCUT2D eigenvalue weighted by Crippen LogP contribution is 1.87. The minimum absolute atomic E-state index is 1.00. The molecule has 1 nitrogen and oxygen atoms in total. The minimum atomic E-state index is 1.00. The molecule has 0 amide bonds. The van der Waals surface area contributed by atoms with Gasteiger partial charge in [-0.3, -0.25) is 4.99 Å². The molecule has 0 aromatic carbocycles. The zero-order chi connectivity index (χ0) is 7.82. The van der Waals surface area contributed by atoms with Crippen LogP contribution in [-0.4, -0.2) is 12.8 Å². The Balaban J connectivity index is 3.85. The third kappa shape index (κ3) is 4.07. The third-order valence-corrected chi connectivity index (χ3v) is 1.24. The van der Waals surface area contributed by atoms with Gasteiger partial charge in [0.25, 0.3) is 0 Å². The Morgan fingerprint density at radius 2 is 2.10 bits per heavy atom. The van der Waals surface area contributed by atoms with Crippen LogP contribution in [0.1, 0.15) is 20.3 Å². The van der Waals surface area contributed by atoms with Gasteiger partial charge in [-0.2, -0.15) is 0 Å². The Labute approximate surface area is 63.2 Å². The molecule has 0 spiro atoms. The summed E-state index contributed by atoms with van der Waals surface area (Å²) in [6.07, 6.45) is 9.04. The van der Waals surface area contributed by atoms with E-state index in [0.717, 1.165) is 12.1 Å². The lowest BCUT2D eigenvalue weighted by Crippen LogP contribution is -1.87. The molecule has 0 rings (SSSR count). The van der Waals surface area contributed by atoms with Gasteiger partial charge in [0.2, 0.25) is 0 Å². The molecular weight excluding hydrogens is 122 g/mol. The summed E-state index contributed by atoms with van der Waals surface area (Å²) < 4.78 is 0. The van der Waals surface area contributed by atoms with Crippen molar-refractivity contribution in [3.05, 3.63) is 24.3 Å². The van der Waals surface area contributed by atoms with E-state index in [-0.39, 0.29) is 0 Å². The molecule has 0 aliphatic heterocycles. The fourth-order valence-electron chi connectivity index (χ4n) is 0.628. The summed E-state index contributed by atoms with van der Waals surface area (Å²) in [7, 11) is 1.82. The number of hydrogen-bond donors (Lipinski definition) is 0. The highest BCUT2D eigenvalue weighted by molar-refractivity contribution is 5.94. The molecule has 0 aliphatic carbocycles. The van der Waals surface area contributed by atoms with Crippen LogP contribution in [0.25, 0.3) is 0 Å². The van der Waals surface area contributed by atoms with Crippen molar-refractivity contribution in [1.29, 1.82) is 0 Å². The van der Waals surface area contributed by atoms with Gasteiger partial charge >= 0.3 is 0 Å². The SMILES string of the molecule is C\C=C/C=C\C(CC)=N\C. The van der Waals surface area contributed by atoms with E-state index >= 15 is 0 Å². The Morgan fingerprint density at radius 1 is 1.40 bits per heavy atom. The fraction of sp³-hybridized carbons (Fsp3) is 0.444. The lowest BCUT2D eigenvalue weighted by atomic mass is 10.2. The highest BCUT2D eigenvalue weighted by Gasteiger charge is 1.82. The van der Waals surface area contributed by atoms with Gasteiger partial charge in [0.05, 0.1) is 0 Å². The maximum Gasteiger partial charge on any atom is 0.0342 e. The smallest absolute Gasteiger partial charge is 0.0342 e. The van der Waals surface area contributed by atoms with Crippen LogP contribution in [0, 0.1) is 0 Å². The van der Waals surface area contributed by atoms with Crippen molar-refractivity contribution in [3.8, 4) is 0 Å². The van der Waals surface area contributed by atoms with Crippen molar-refractivity contribution in [3.63, 3.8) is 0 Å². The molecule has 0 unspecified atom stereocenters. The molecule has 0 aliphatic rings. The van der Waals surface area contributed by atoms with Crippen LogP contribution >= 0.6 is 0 Å². The largest absolute Gasteiger partial charge is 0.293 e. The van der Waals surface area contributed by atoms with Crippen LogP contribution in [0.4, 0.5) is 0 Å². The lowest BCUT2D eigenvalue weighted by molar-refractivity contribution is 1.26. The van der Waals surface area contributed by atoms with Crippen molar-refractivity contribution >= 4 is 5.71 Å². The van der Waals surface area contributed by atoms with Gasteiger partial charge in [-0.25, -0.2) is 0 Å². The van der Waals surface area contributed by atoms with Crippen molar-refractivity contribution in [1.82, 2.24) is 0 Å². The van der Waals surface area contributed by atoms with Crippen LogP contribution in [0.5, 0.6) is 0 Å². The van der Waals surface area contributed by atoms with E-state index in [4.69, 9.17) is 0 Å². The van der Waals surface area contributed by atoms with Crippen LogP contribution in [0.2, 0.25) is 0 Å². The first-order chi connectivity index (χ1) is 4.85. The van der Waals surface area contributed by atoms with Crippen molar-refractivity contribution in [2.45, 2.75) is 20.3 Å². The van der Waals surface area contributed by atoms with Crippen LogP contribution in [-0.2, 0) is 0 Å². The van der Waals surface area contributed by atoms with Crippen molar-refractivity contribution < 1.29 is 0 Å². The molecule has 0 aromatic rings. The topological polar surface area (TPSA) is 12.4 Å². The molecule has 0 radical (unpaired) electrons. The molecule has 1 heteroatoms. The molecule has 0 atom stereocenters. The van der Waals surface area contributed by atoms with E-state index in [2.05, 4.69) is 11.9 Å². The minimum Gasteiger partial charge on any atom is -0.293 e. The molecule has 0 heterocycles. The Morgan fingerprint density at radius 3 is 2.50 bits per heavy atom. The van der Waals surface area contributed by atoms with E-state index in [1.54, 1.807) is 0 Å². The van der Waals surface area contributed by atoms with Crippen molar-refractivity contribution in [2.24, 2.45) is 4.99 Å². The second-order valence-electron chi connectivity index (χ2n) is 1.95. The van der Waals surface area contributed by atoms with Gasteiger partial charge in [-0.15, -0.1) is 0 Å². The first-order valence-electron chi connectivity index (χ1n) is 3.60. The molecule has 0 fully saturated rings. The van der Waals surface area contributed by atoms with E-state index in [9.17, 15) is 0 Å². The molecule has 0 aromatic heterocycles. The van der Waals surface area contributed by atoms with Gasteiger partial charge < -0.3 is 0 Å². The Bertz CT molecular complexity index is 152. The standard InChI is InChI=1S/C9H15N/c1-4-6-7-8-9(5-2)10-3/h4,6-8H,5H2,1-3H3/b6-4-,8-7-,10-9+. The Hall–Kier alpha value is -0.850. The van der Waals surface area contributed by atoms with Crippen LogP contribution in [0.15, 0.2) is 29.3 Å². The average Bonchev–Trinajstić information content (AvgIpc) is 1.99. The first-order valence-corrected chi connectivity index (χ1v) is 3.60. The van der Waals surface area contributed by atoms with Crippen molar-refractivity contribution in [2.75, 3.05) is 7.05 Å². The summed E-state index contributed by atoms with van der Waals surface area (Å²) >= 11 is 0. The zero-order valence-electron chi connectivity index (χ0n) is 6.96. The zero-order valence-corrected chi connectivity index (χ0v) is 6.96.